The van der Waals surface area contributed by atoms with Gasteiger partial charge in [-0.15, -0.1) is 0 Å². The molecular formula is C33H58N4O2Si2. The van der Waals surface area contributed by atoms with Gasteiger partial charge in [-0.3, -0.25) is 10.2 Å². The lowest BCUT2D eigenvalue weighted by Gasteiger charge is -2.56. The maximum atomic E-state index is 7.15. The highest BCUT2D eigenvalue weighted by Gasteiger charge is 2.59. The predicted octanol–water partition coefficient (Wildman–Crippen LogP) is 8.05. The number of hydrogen-bond acceptors (Lipinski definition) is 4. The molecule has 1 fully saturated rings. The van der Waals surface area contributed by atoms with E-state index in [1.807, 2.05) is 0 Å². The van der Waals surface area contributed by atoms with E-state index in [-0.39, 0.29) is 20.9 Å². The minimum Gasteiger partial charge on any atom is -0.417 e. The zero-order chi connectivity index (χ0) is 30.2. The summed E-state index contributed by atoms with van der Waals surface area (Å²) in [5, 5.41) is 16.2. The molecule has 0 spiro atoms. The largest absolute Gasteiger partial charge is 0.417 e. The number of aromatic nitrogens is 4. The fourth-order valence-electron chi connectivity index (χ4n) is 7.97. The summed E-state index contributed by atoms with van der Waals surface area (Å²) in [5.41, 5.74) is 5.82. The van der Waals surface area contributed by atoms with Crippen LogP contribution in [0.1, 0.15) is 90.7 Å². The van der Waals surface area contributed by atoms with Crippen LogP contribution < -0.4 is 0 Å². The molecule has 1 saturated carbocycles. The predicted molar refractivity (Wildman–Crippen MR) is 173 cm³/mol. The van der Waals surface area contributed by atoms with Gasteiger partial charge in [-0.05, 0) is 109 Å². The lowest BCUT2D eigenvalue weighted by atomic mass is 9.49. The normalized spacial score (nSPS) is 32.5. The Bertz CT molecular complexity index is 1240. The number of hydrogen-bond donors (Lipinski definition) is 2. The molecule has 2 aromatic rings. The van der Waals surface area contributed by atoms with E-state index in [0.29, 0.717) is 23.7 Å². The number of nitrogens with zero attached hydrogens (tertiary/aromatic N) is 2. The summed E-state index contributed by atoms with van der Waals surface area (Å²) in [7, 11) is -3.78. The molecule has 6 atom stereocenters. The quantitative estimate of drug-likeness (QED) is 0.316. The van der Waals surface area contributed by atoms with E-state index < -0.39 is 16.6 Å². The standard InChI is InChI=1S/C33H58N4O2Si2/c1-30(2,3)40(9,10)38-20-24-16-28-23(19-34-36-28)17-33(24,8)26-13-14-32(7)27(15-22-18-35-37-29(22)32)25(26)21-39-41(11,12)31(4,5)6/h18-19,24-27H,13-17,20-21H2,1-12H3,(H,34,36)(H,35,37)/t24-,25-,26+,27+,32+,33+/m1/s1. The minimum atomic E-state index is -1.90. The number of nitrogens with one attached hydrogen (secondary N) is 2. The van der Waals surface area contributed by atoms with Crippen molar-refractivity contribution in [3.8, 4) is 0 Å². The molecule has 2 N–H and O–H groups in total. The van der Waals surface area contributed by atoms with Crippen LogP contribution in [0.15, 0.2) is 12.4 Å². The van der Waals surface area contributed by atoms with Crippen molar-refractivity contribution in [2.45, 2.75) is 129 Å². The summed E-state index contributed by atoms with van der Waals surface area (Å²) in [6.07, 6.45) is 9.82. The van der Waals surface area contributed by atoms with Gasteiger partial charge in [-0.2, -0.15) is 10.2 Å². The van der Waals surface area contributed by atoms with Crippen molar-refractivity contribution in [3.05, 3.63) is 34.9 Å². The number of H-pyrrole nitrogens is 2. The van der Waals surface area contributed by atoms with Crippen molar-refractivity contribution in [1.29, 1.82) is 0 Å². The van der Waals surface area contributed by atoms with Gasteiger partial charge in [0, 0.05) is 30.0 Å². The molecule has 3 aliphatic rings. The molecule has 0 radical (unpaired) electrons. The molecular weight excluding hydrogens is 541 g/mol. The van der Waals surface area contributed by atoms with Gasteiger partial charge in [0.15, 0.2) is 16.6 Å². The van der Waals surface area contributed by atoms with E-state index in [4.69, 9.17) is 8.85 Å². The average Bonchev–Trinajstić information content (AvgIpc) is 3.55. The molecule has 0 amide bonds. The van der Waals surface area contributed by atoms with E-state index in [9.17, 15) is 0 Å². The SMILES string of the molecule is CC(C)(C)[Si](C)(C)OC[C@@H]1[C@@H]([C@@]2(C)Cc3cn[nH]c3C[C@@H]2CO[Si](C)(C)C(C)(C)C)CC[C@]2(C)c3[nH]ncc3C[C@@H]12. The van der Waals surface area contributed by atoms with Gasteiger partial charge in [0.05, 0.1) is 12.4 Å². The maximum absolute atomic E-state index is 7.15. The van der Waals surface area contributed by atoms with E-state index in [0.717, 1.165) is 32.5 Å². The Kier molecular flexibility index (Phi) is 7.74. The highest BCUT2D eigenvalue weighted by molar-refractivity contribution is 6.74. The van der Waals surface area contributed by atoms with Gasteiger partial charge in [-0.1, -0.05) is 55.4 Å². The van der Waals surface area contributed by atoms with Gasteiger partial charge in [0.25, 0.3) is 0 Å². The van der Waals surface area contributed by atoms with Crippen molar-refractivity contribution in [2.24, 2.45) is 29.1 Å². The highest BCUT2D eigenvalue weighted by Crippen LogP contribution is 2.61. The average molecular weight is 599 g/mol. The summed E-state index contributed by atoms with van der Waals surface area (Å²) in [6, 6.07) is 0. The number of aromatic amines is 2. The summed E-state index contributed by atoms with van der Waals surface area (Å²) in [6.45, 7) is 30.6. The van der Waals surface area contributed by atoms with Crippen molar-refractivity contribution < 1.29 is 8.85 Å². The molecule has 230 valence electrons. The second-order valence-electron chi connectivity index (χ2n) is 17.4. The van der Waals surface area contributed by atoms with Crippen LogP contribution in [0.3, 0.4) is 0 Å². The van der Waals surface area contributed by atoms with Crippen LogP contribution in [0.4, 0.5) is 0 Å². The summed E-state index contributed by atoms with van der Waals surface area (Å²) >= 11 is 0. The molecule has 6 nitrogen and oxygen atoms in total. The third kappa shape index (κ3) is 5.27. The molecule has 0 aromatic carbocycles. The summed E-state index contributed by atoms with van der Waals surface area (Å²) in [5.74, 6) is 2.09. The van der Waals surface area contributed by atoms with Crippen LogP contribution in [0.2, 0.25) is 36.3 Å². The Morgan fingerprint density at radius 2 is 1.41 bits per heavy atom. The Morgan fingerprint density at radius 3 is 2.05 bits per heavy atom. The lowest BCUT2D eigenvalue weighted by Crippen LogP contribution is -2.55. The second kappa shape index (κ2) is 10.2. The monoisotopic (exact) mass is 598 g/mol. The first-order valence-corrected chi connectivity index (χ1v) is 21.9. The van der Waals surface area contributed by atoms with Crippen LogP contribution in [0, 0.1) is 29.1 Å². The van der Waals surface area contributed by atoms with Gasteiger partial charge >= 0.3 is 0 Å². The van der Waals surface area contributed by atoms with Gasteiger partial charge < -0.3 is 8.85 Å². The Hall–Kier alpha value is -1.23. The molecule has 0 bridgehead atoms. The molecule has 5 rings (SSSR count). The summed E-state index contributed by atoms with van der Waals surface area (Å²) in [4.78, 5) is 0. The van der Waals surface area contributed by atoms with Crippen molar-refractivity contribution >= 4 is 16.6 Å². The maximum Gasteiger partial charge on any atom is 0.191 e. The molecule has 0 saturated heterocycles. The van der Waals surface area contributed by atoms with Crippen LogP contribution >= 0.6 is 0 Å². The Morgan fingerprint density at radius 1 is 0.829 bits per heavy atom. The lowest BCUT2D eigenvalue weighted by molar-refractivity contribution is -0.0635. The van der Waals surface area contributed by atoms with E-state index >= 15 is 0 Å². The van der Waals surface area contributed by atoms with E-state index in [1.54, 1.807) is 0 Å². The zero-order valence-corrected chi connectivity index (χ0v) is 30.1. The van der Waals surface area contributed by atoms with Crippen molar-refractivity contribution in [3.63, 3.8) is 0 Å². The second-order valence-corrected chi connectivity index (χ2v) is 27.0. The van der Waals surface area contributed by atoms with Crippen LogP contribution in [0.25, 0.3) is 0 Å². The molecule has 41 heavy (non-hydrogen) atoms. The first kappa shape index (κ1) is 31.2. The number of fused-ring (bicyclic) bond motifs is 4. The molecule has 2 aromatic heterocycles. The van der Waals surface area contributed by atoms with Gasteiger partial charge in [-0.25, -0.2) is 0 Å². The highest BCUT2D eigenvalue weighted by atomic mass is 28.4. The Labute approximate surface area is 251 Å². The van der Waals surface area contributed by atoms with Crippen molar-refractivity contribution in [2.75, 3.05) is 13.2 Å². The van der Waals surface area contributed by atoms with Crippen LogP contribution in [-0.2, 0) is 33.5 Å². The Balaban J connectivity index is 1.51. The van der Waals surface area contributed by atoms with E-state index in [2.05, 4.69) is 114 Å². The topological polar surface area (TPSA) is 75.8 Å². The fraction of sp³-hybridized carbons (Fsp3) is 0.818. The fourth-order valence-corrected chi connectivity index (χ4v) is 10.1. The number of rotatable bonds is 7. The summed E-state index contributed by atoms with van der Waals surface area (Å²) < 4.78 is 14.2. The molecule has 8 heteroatoms. The van der Waals surface area contributed by atoms with Gasteiger partial charge in [0.1, 0.15) is 0 Å². The first-order valence-electron chi connectivity index (χ1n) is 16.1. The first-order chi connectivity index (χ1) is 18.8. The van der Waals surface area contributed by atoms with E-state index in [1.165, 1.54) is 35.4 Å². The van der Waals surface area contributed by atoms with Crippen molar-refractivity contribution in [1.82, 2.24) is 20.4 Å². The third-order valence-electron chi connectivity index (χ3n) is 13.1. The molecule has 0 aliphatic heterocycles. The molecule has 2 heterocycles. The molecule has 3 aliphatic carbocycles. The smallest absolute Gasteiger partial charge is 0.191 e. The van der Waals surface area contributed by atoms with Crippen LogP contribution in [0.5, 0.6) is 0 Å². The van der Waals surface area contributed by atoms with Gasteiger partial charge in [0.2, 0.25) is 0 Å². The third-order valence-corrected chi connectivity index (χ3v) is 22.1. The minimum absolute atomic E-state index is 0.122. The zero-order valence-electron chi connectivity index (χ0n) is 28.1. The van der Waals surface area contributed by atoms with Crippen LogP contribution in [-0.4, -0.2) is 50.2 Å². The molecule has 0 unspecified atom stereocenters.